The van der Waals surface area contributed by atoms with Gasteiger partial charge in [-0.05, 0) is 18.1 Å². The Bertz CT molecular complexity index is 948. The van der Waals surface area contributed by atoms with Crippen LogP contribution in [0.1, 0.15) is 18.0 Å². The molecule has 0 saturated carbocycles. The highest BCUT2D eigenvalue weighted by Crippen LogP contribution is 2.34. The number of anilines is 1. The molecular weight excluding hydrogens is 330 g/mol. The van der Waals surface area contributed by atoms with Gasteiger partial charge < -0.3 is 15.2 Å². The fraction of sp³-hybridized carbons (Fsp3) is 0.316. The molecule has 0 radical (unpaired) electrons. The molecule has 2 N–H and O–H groups in total. The number of pyridine rings is 1. The van der Waals surface area contributed by atoms with Crippen molar-refractivity contribution in [3.8, 4) is 11.9 Å². The minimum absolute atomic E-state index is 0.159. The van der Waals surface area contributed by atoms with Crippen molar-refractivity contribution in [2.75, 3.05) is 18.9 Å². The summed E-state index contributed by atoms with van der Waals surface area (Å²) in [6.07, 6.45) is 2.36. The number of benzene rings is 1. The molecule has 2 aromatic heterocycles. The number of rotatable bonds is 4. The zero-order valence-electron chi connectivity index (χ0n) is 14.2. The number of nitrogen functional groups attached to an aromatic ring is 1. The maximum Gasteiger partial charge on any atom is 0.227 e. The zero-order valence-corrected chi connectivity index (χ0v) is 14.2. The maximum atomic E-state index is 9.45. The van der Waals surface area contributed by atoms with E-state index in [1.54, 1.807) is 10.9 Å². The third kappa shape index (κ3) is 2.95. The van der Waals surface area contributed by atoms with Gasteiger partial charge in [-0.2, -0.15) is 10.4 Å². The second kappa shape index (κ2) is 7.02. The van der Waals surface area contributed by atoms with Crippen LogP contribution >= 0.6 is 0 Å². The Morgan fingerprint density at radius 2 is 2.15 bits per heavy atom. The van der Waals surface area contributed by atoms with Gasteiger partial charge in [0, 0.05) is 12.8 Å². The largest absolute Gasteiger partial charge is 0.472 e. The van der Waals surface area contributed by atoms with Crippen molar-refractivity contribution < 1.29 is 9.47 Å². The molecule has 1 unspecified atom stereocenters. The average Bonchev–Trinajstić information content (AvgIpc) is 3.04. The molecule has 0 bridgehead atoms. The lowest BCUT2D eigenvalue weighted by Crippen LogP contribution is -2.30. The predicted molar refractivity (Wildman–Crippen MR) is 96.3 cm³/mol. The van der Waals surface area contributed by atoms with Crippen LogP contribution in [0.15, 0.2) is 42.6 Å². The van der Waals surface area contributed by atoms with Crippen molar-refractivity contribution >= 4 is 16.7 Å². The van der Waals surface area contributed by atoms with Crippen LogP contribution in [0.3, 0.4) is 0 Å². The summed E-state index contributed by atoms with van der Waals surface area (Å²) in [5, 5.41) is 14.6. The highest BCUT2D eigenvalue weighted by Gasteiger charge is 2.30. The molecule has 1 aliphatic heterocycles. The summed E-state index contributed by atoms with van der Waals surface area (Å²) in [7, 11) is 0. The molecule has 7 nitrogen and oxygen atoms in total. The first-order valence-electron chi connectivity index (χ1n) is 8.54. The zero-order chi connectivity index (χ0) is 17.9. The molecule has 26 heavy (non-hydrogen) atoms. The molecular formula is C19H19N5O2. The molecule has 0 spiro atoms. The van der Waals surface area contributed by atoms with Crippen LogP contribution in [0, 0.1) is 17.2 Å². The van der Waals surface area contributed by atoms with E-state index in [0.717, 1.165) is 11.1 Å². The van der Waals surface area contributed by atoms with E-state index in [2.05, 4.69) is 16.2 Å². The Morgan fingerprint density at radius 1 is 1.31 bits per heavy atom. The van der Waals surface area contributed by atoms with Crippen LogP contribution in [-0.4, -0.2) is 28.0 Å². The van der Waals surface area contributed by atoms with Crippen molar-refractivity contribution in [1.82, 2.24) is 14.8 Å². The van der Waals surface area contributed by atoms with Gasteiger partial charge in [0.05, 0.1) is 30.2 Å². The van der Waals surface area contributed by atoms with Gasteiger partial charge >= 0.3 is 0 Å². The Kier molecular flexibility index (Phi) is 4.42. The summed E-state index contributed by atoms with van der Waals surface area (Å²) in [5.41, 5.74) is 8.01. The van der Waals surface area contributed by atoms with Crippen LogP contribution in [-0.2, 0) is 11.3 Å². The number of nitriles is 1. The van der Waals surface area contributed by atoms with Gasteiger partial charge in [-0.15, -0.1) is 0 Å². The van der Waals surface area contributed by atoms with Crippen LogP contribution in [0.4, 0.5) is 5.82 Å². The molecule has 4 rings (SSSR count). The van der Waals surface area contributed by atoms with Crippen molar-refractivity contribution in [2.45, 2.75) is 19.1 Å². The Morgan fingerprint density at radius 3 is 2.96 bits per heavy atom. The highest BCUT2D eigenvalue weighted by molar-refractivity contribution is 5.93. The summed E-state index contributed by atoms with van der Waals surface area (Å²) < 4.78 is 13.2. The lowest BCUT2D eigenvalue weighted by molar-refractivity contribution is 0.0359. The van der Waals surface area contributed by atoms with E-state index in [4.69, 9.17) is 15.2 Å². The van der Waals surface area contributed by atoms with E-state index >= 15 is 0 Å². The SMILES string of the molecule is N#CC1CCOC[C@H]1n1nc(N)c2c(OCc3ccccc3)nccc21. The first kappa shape index (κ1) is 16.4. The maximum absolute atomic E-state index is 9.45. The Balaban J connectivity index is 1.69. The molecule has 132 valence electrons. The van der Waals surface area contributed by atoms with Gasteiger partial charge in [-0.25, -0.2) is 4.98 Å². The van der Waals surface area contributed by atoms with Gasteiger partial charge in [0.2, 0.25) is 5.88 Å². The minimum Gasteiger partial charge on any atom is -0.472 e. The molecule has 1 saturated heterocycles. The molecule has 1 aromatic carbocycles. The van der Waals surface area contributed by atoms with Crippen molar-refractivity contribution in [1.29, 1.82) is 5.26 Å². The minimum atomic E-state index is -0.169. The van der Waals surface area contributed by atoms with E-state index in [1.807, 2.05) is 36.4 Å². The monoisotopic (exact) mass is 349 g/mol. The summed E-state index contributed by atoms with van der Waals surface area (Å²) in [6, 6.07) is 13.9. The second-order valence-electron chi connectivity index (χ2n) is 6.28. The van der Waals surface area contributed by atoms with Gasteiger partial charge in [0.25, 0.3) is 0 Å². The summed E-state index contributed by atoms with van der Waals surface area (Å²) in [5.74, 6) is 0.631. The third-order valence-corrected chi connectivity index (χ3v) is 4.64. The van der Waals surface area contributed by atoms with E-state index in [-0.39, 0.29) is 12.0 Å². The van der Waals surface area contributed by atoms with Crippen molar-refractivity contribution in [3.05, 3.63) is 48.2 Å². The van der Waals surface area contributed by atoms with Crippen molar-refractivity contribution in [3.63, 3.8) is 0 Å². The lowest BCUT2D eigenvalue weighted by Gasteiger charge is -2.27. The first-order chi connectivity index (χ1) is 12.8. The van der Waals surface area contributed by atoms with Gasteiger partial charge in [-0.3, -0.25) is 4.68 Å². The van der Waals surface area contributed by atoms with Crippen LogP contribution < -0.4 is 10.5 Å². The Labute approximate surface area is 151 Å². The van der Waals surface area contributed by atoms with Crippen LogP contribution in [0.2, 0.25) is 0 Å². The summed E-state index contributed by atoms with van der Waals surface area (Å²) in [6.45, 7) is 1.43. The smallest absolute Gasteiger partial charge is 0.227 e. The molecule has 1 aliphatic rings. The van der Waals surface area contributed by atoms with Gasteiger partial charge in [0.15, 0.2) is 5.82 Å². The number of nitrogens with two attached hydrogens (primary N) is 1. The van der Waals surface area contributed by atoms with Crippen molar-refractivity contribution in [2.24, 2.45) is 5.92 Å². The summed E-state index contributed by atoms with van der Waals surface area (Å²) >= 11 is 0. The lowest BCUT2D eigenvalue weighted by atomic mass is 9.96. The molecule has 7 heteroatoms. The third-order valence-electron chi connectivity index (χ3n) is 4.64. The fourth-order valence-electron chi connectivity index (χ4n) is 3.29. The van der Waals surface area contributed by atoms with Gasteiger partial charge in [-0.1, -0.05) is 30.3 Å². The van der Waals surface area contributed by atoms with Crippen LogP contribution in [0.5, 0.6) is 5.88 Å². The molecule has 2 atom stereocenters. The molecule has 0 aliphatic carbocycles. The second-order valence-corrected chi connectivity index (χ2v) is 6.28. The number of hydrogen-bond acceptors (Lipinski definition) is 6. The fourth-order valence-corrected chi connectivity index (χ4v) is 3.29. The van der Waals surface area contributed by atoms with E-state index in [1.165, 1.54) is 0 Å². The molecule has 3 aromatic rings. The average molecular weight is 349 g/mol. The first-order valence-corrected chi connectivity index (χ1v) is 8.54. The predicted octanol–water partition coefficient (Wildman–Crippen LogP) is 2.69. The Hall–Kier alpha value is -3.11. The number of hydrogen-bond donors (Lipinski definition) is 1. The quantitative estimate of drug-likeness (QED) is 0.777. The molecule has 1 fully saturated rings. The van der Waals surface area contributed by atoms with Crippen LogP contribution in [0.25, 0.3) is 10.9 Å². The number of aromatic nitrogens is 3. The number of ether oxygens (including phenoxy) is 2. The van der Waals surface area contributed by atoms with E-state index < -0.39 is 0 Å². The molecule has 0 amide bonds. The topological polar surface area (TPSA) is 99.0 Å². The highest BCUT2D eigenvalue weighted by atomic mass is 16.5. The standard InChI is InChI=1S/C19H19N5O2/c20-10-14-7-9-25-12-16(14)24-15-6-8-22-19(17(15)18(21)23-24)26-11-13-4-2-1-3-5-13/h1-6,8,14,16H,7,9,11-12H2,(H2,21,23)/t14?,16-/m1/s1. The van der Waals surface area contributed by atoms with E-state index in [0.29, 0.717) is 43.3 Å². The molecule has 3 heterocycles. The summed E-state index contributed by atoms with van der Waals surface area (Å²) in [4.78, 5) is 4.33. The van der Waals surface area contributed by atoms with E-state index in [9.17, 15) is 5.26 Å². The number of fused-ring (bicyclic) bond motifs is 1. The normalized spacial score (nSPS) is 20.0. The van der Waals surface area contributed by atoms with Gasteiger partial charge in [0.1, 0.15) is 12.0 Å². The number of nitrogens with zero attached hydrogens (tertiary/aromatic N) is 4.